The van der Waals surface area contributed by atoms with E-state index in [2.05, 4.69) is 63.7 Å². The average Bonchev–Trinajstić information content (AvgIpc) is 2.24. The molecular formula is C11H10Br4O2. The molecule has 1 aromatic rings. The van der Waals surface area contributed by atoms with Crippen LogP contribution in [0.3, 0.4) is 0 Å². The third-order valence-corrected chi connectivity index (χ3v) is 4.14. The maximum Gasteiger partial charge on any atom is 0.311 e. The number of carbonyl (C=O) groups excluding carboxylic acids is 1. The van der Waals surface area contributed by atoms with Gasteiger partial charge in [0.25, 0.3) is 0 Å². The molecule has 0 aliphatic heterocycles. The van der Waals surface area contributed by atoms with Crippen molar-refractivity contribution in [1.29, 1.82) is 0 Å². The number of carbonyl (C=O) groups is 1. The molecule has 0 bridgehead atoms. The summed E-state index contributed by atoms with van der Waals surface area (Å²) in [5, 5.41) is 0.909. The second kappa shape index (κ2) is 7.92. The Bertz CT molecular complexity index is 383. The van der Waals surface area contributed by atoms with Crippen molar-refractivity contribution < 1.29 is 9.53 Å². The molecule has 6 heteroatoms. The Kier molecular flexibility index (Phi) is 7.30. The van der Waals surface area contributed by atoms with Gasteiger partial charge in [0.1, 0.15) is 0 Å². The number of halogens is 4. The molecule has 2 nitrogen and oxygen atoms in total. The minimum Gasteiger partial charge on any atom is -0.424 e. The van der Waals surface area contributed by atoms with Gasteiger partial charge in [-0.3, -0.25) is 4.79 Å². The van der Waals surface area contributed by atoms with Crippen molar-refractivity contribution >= 4 is 69.7 Å². The standard InChI is InChI=1S/C11H10Br4O2/c12-4-2-1-3-10(16)17-11-8(14)5-7(13)6-9(11)15/h5-6H,1-4H2. The maximum absolute atomic E-state index is 11.6. The molecule has 0 heterocycles. The summed E-state index contributed by atoms with van der Waals surface area (Å²) in [6.45, 7) is 0. The number of benzene rings is 1. The van der Waals surface area contributed by atoms with Crippen LogP contribution in [-0.4, -0.2) is 11.3 Å². The smallest absolute Gasteiger partial charge is 0.311 e. The summed E-state index contributed by atoms with van der Waals surface area (Å²) in [7, 11) is 0. The van der Waals surface area contributed by atoms with Gasteiger partial charge in [0, 0.05) is 16.2 Å². The number of unbranched alkanes of at least 4 members (excludes halogenated alkanes) is 1. The molecule has 0 unspecified atom stereocenters. The van der Waals surface area contributed by atoms with Gasteiger partial charge >= 0.3 is 5.97 Å². The molecule has 0 saturated carbocycles. The molecular weight excluding hydrogens is 484 g/mol. The Hall–Kier alpha value is 0.610. The lowest BCUT2D eigenvalue weighted by atomic mass is 10.2. The minimum atomic E-state index is -0.213. The quantitative estimate of drug-likeness (QED) is 0.236. The first-order chi connectivity index (χ1) is 8.04. The van der Waals surface area contributed by atoms with Crippen molar-refractivity contribution in [3.63, 3.8) is 0 Å². The number of alkyl halides is 1. The highest BCUT2D eigenvalue weighted by molar-refractivity contribution is 9.11. The zero-order chi connectivity index (χ0) is 12.8. The number of hydrogen-bond donors (Lipinski definition) is 0. The fourth-order valence-electron chi connectivity index (χ4n) is 1.16. The highest BCUT2D eigenvalue weighted by atomic mass is 79.9. The summed E-state index contributed by atoms with van der Waals surface area (Å²) < 4.78 is 7.71. The summed E-state index contributed by atoms with van der Waals surface area (Å²) in [5.74, 6) is 0.312. The van der Waals surface area contributed by atoms with Gasteiger partial charge in [-0.2, -0.15) is 0 Å². The summed E-state index contributed by atoms with van der Waals surface area (Å²) in [6.07, 6.45) is 2.23. The van der Waals surface area contributed by atoms with Gasteiger partial charge in [0.05, 0.1) is 8.95 Å². The lowest BCUT2D eigenvalue weighted by Crippen LogP contribution is -2.08. The summed E-state index contributed by atoms with van der Waals surface area (Å²) in [6, 6.07) is 3.68. The first-order valence-electron chi connectivity index (χ1n) is 4.95. The van der Waals surface area contributed by atoms with Crippen molar-refractivity contribution in [3.8, 4) is 5.75 Å². The predicted octanol–water partition coefficient (Wildman–Crippen LogP) is 5.44. The monoisotopic (exact) mass is 490 g/mol. The maximum atomic E-state index is 11.6. The van der Waals surface area contributed by atoms with E-state index >= 15 is 0 Å². The van der Waals surface area contributed by atoms with Crippen molar-refractivity contribution in [2.75, 3.05) is 5.33 Å². The first kappa shape index (κ1) is 15.7. The van der Waals surface area contributed by atoms with E-state index in [4.69, 9.17) is 4.74 Å². The van der Waals surface area contributed by atoms with Crippen LogP contribution in [0.25, 0.3) is 0 Å². The molecule has 0 saturated heterocycles. The van der Waals surface area contributed by atoms with Gasteiger partial charge in [-0.1, -0.05) is 31.9 Å². The van der Waals surface area contributed by atoms with Crippen LogP contribution in [0.2, 0.25) is 0 Å². The van der Waals surface area contributed by atoms with Crippen LogP contribution in [0, 0.1) is 0 Å². The molecule has 0 atom stereocenters. The Balaban J connectivity index is 2.65. The lowest BCUT2D eigenvalue weighted by Gasteiger charge is -2.09. The summed E-state index contributed by atoms with van der Waals surface area (Å²) in [4.78, 5) is 11.6. The Morgan fingerprint density at radius 3 is 2.24 bits per heavy atom. The molecule has 0 aliphatic carbocycles. The van der Waals surface area contributed by atoms with Crippen LogP contribution in [-0.2, 0) is 4.79 Å². The fraction of sp³-hybridized carbons (Fsp3) is 0.364. The highest BCUT2D eigenvalue weighted by Gasteiger charge is 2.12. The van der Waals surface area contributed by atoms with E-state index in [-0.39, 0.29) is 5.97 Å². The van der Waals surface area contributed by atoms with Gasteiger partial charge in [0.15, 0.2) is 5.75 Å². The molecule has 0 aromatic heterocycles. The number of ether oxygens (including phenoxy) is 1. The van der Waals surface area contributed by atoms with Gasteiger partial charge in [-0.25, -0.2) is 0 Å². The largest absolute Gasteiger partial charge is 0.424 e. The van der Waals surface area contributed by atoms with Gasteiger partial charge in [-0.05, 0) is 56.8 Å². The highest BCUT2D eigenvalue weighted by Crippen LogP contribution is 2.36. The molecule has 0 N–H and O–H groups in total. The third-order valence-electron chi connectivity index (χ3n) is 1.94. The molecule has 94 valence electrons. The number of esters is 1. The molecule has 1 aromatic carbocycles. The lowest BCUT2D eigenvalue weighted by molar-refractivity contribution is -0.134. The molecule has 0 aliphatic rings. The second-order valence-corrected chi connectivity index (χ2v) is 6.74. The normalized spacial score (nSPS) is 10.4. The van der Waals surface area contributed by atoms with E-state index in [9.17, 15) is 4.79 Å². The molecule has 1 rings (SSSR count). The topological polar surface area (TPSA) is 26.3 Å². The Morgan fingerprint density at radius 2 is 1.71 bits per heavy atom. The zero-order valence-corrected chi connectivity index (χ0v) is 15.2. The van der Waals surface area contributed by atoms with Crippen LogP contribution in [0.5, 0.6) is 5.75 Å². The molecule has 17 heavy (non-hydrogen) atoms. The molecule has 0 radical (unpaired) electrons. The second-order valence-electron chi connectivity index (χ2n) is 3.32. The van der Waals surface area contributed by atoms with Crippen molar-refractivity contribution in [2.24, 2.45) is 0 Å². The van der Waals surface area contributed by atoms with Crippen LogP contribution < -0.4 is 4.74 Å². The average molecular weight is 494 g/mol. The van der Waals surface area contributed by atoms with E-state index in [1.807, 2.05) is 12.1 Å². The van der Waals surface area contributed by atoms with E-state index in [1.54, 1.807) is 0 Å². The minimum absolute atomic E-state index is 0.213. The molecule has 0 spiro atoms. The van der Waals surface area contributed by atoms with Gasteiger partial charge in [-0.15, -0.1) is 0 Å². The summed E-state index contributed by atoms with van der Waals surface area (Å²) >= 11 is 13.4. The Labute approximate surface area is 134 Å². The van der Waals surface area contributed by atoms with Crippen molar-refractivity contribution in [1.82, 2.24) is 0 Å². The van der Waals surface area contributed by atoms with Crippen LogP contribution in [0.4, 0.5) is 0 Å². The van der Waals surface area contributed by atoms with Crippen molar-refractivity contribution in [3.05, 3.63) is 25.6 Å². The fourth-order valence-corrected chi connectivity index (χ4v) is 3.97. The Morgan fingerprint density at radius 1 is 1.12 bits per heavy atom. The van der Waals surface area contributed by atoms with E-state index in [1.165, 1.54) is 0 Å². The summed E-state index contributed by atoms with van der Waals surface area (Å²) in [5.41, 5.74) is 0. The number of rotatable bonds is 5. The molecule has 0 fully saturated rings. The molecule has 0 amide bonds. The van der Waals surface area contributed by atoms with E-state index in [0.29, 0.717) is 12.2 Å². The van der Waals surface area contributed by atoms with Gasteiger partial charge in [0.2, 0.25) is 0 Å². The third kappa shape index (κ3) is 5.41. The van der Waals surface area contributed by atoms with Crippen LogP contribution >= 0.6 is 63.7 Å². The van der Waals surface area contributed by atoms with Crippen molar-refractivity contribution in [2.45, 2.75) is 19.3 Å². The van der Waals surface area contributed by atoms with Gasteiger partial charge < -0.3 is 4.74 Å². The zero-order valence-electron chi connectivity index (χ0n) is 8.81. The van der Waals surface area contributed by atoms with Crippen LogP contribution in [0.1, 0.15) is 19.3 Å². The van der Waals surface area contributed by atoms with E-state index in [0.717, 1.165) is 31.6 Å². The van der Waals surface area contributed by atoms with E-state index < -0.39 is 0 Å². The number of hydrogen-bond acceptors (Lipinski definition) is 2. The predicted molar refractivity (Wildman–Crippen MR) is 82.8 cm³/mol. The first-order valence-corrected chi connectivity index (χ1v) is 8.46. The van der Waals surface area contributed by atoms with Crippen LogP contribution in [0.15, 0.2) is 25.6 Å². The SMILES string of the molecule is O=C(CCCCBr)Oc1c(Br)cc(Br)cc1Br.